The summed E-state index contributed by atoms with van der Waals surface area (Å²) >= 11 is 0. The van der Waals surface area contributed by atoms with Crippen molar-refractivity contribution in [3.8, 4) is 5.75 Å². The molecule has 2 unspecified atom stereocenters. The number of piperidine rings is 1. The van der Waals surface area contributed by atoms with E-state index in [1.807, 2.05) is 4.90 Å². The second-order valence-electron chi connectivity index (χ2n) is 9.37. The Hall–Kier alpha value is -1.83. The van der Waals surface area contributed by atoms with Crippen molar-refractivity contribution in [1.82, 2.24) is 10.6 Å². The first kappa shape index (κ1) is 32.2. The number of carbonyl (C=O) groups excluding carboxylic acids is 1. The van der Waals surface area contributed by atoms with Crippen LogP contribution in [-0.2, 0) is 17.8 Å². The van der Waals surface area contributed by atoms with E-state index in [2.05, 4.69) is 60.0 Å². The largest absolute Gasteiger partial charge is 0.496 e. The molecule has 1 fully saturated rings. The minimum Gasteiger partial charge on any atom is -0.496 e. The van der Waals surface area contributed by atoms with E-state index in [0.29, 0.717) is 18.5 Å². The number of benzene rings is 2. The Balaban J connectivity index is 0.00000216. The molecule has 4 N–H and O–H groups in total. The van der Waals surface area contributed by atoms with Crippen LogP contribution in [0.2, 0.25) is 0 Å². The molecule has 0 saturated carbocycles. The van der Waals surface area contributed by atoms with Crippen molar-refractivity contribution >= 4 is 36.4 Å². The van der Waals surface area contributed by atoms with Crippen LogP contribution in [-0.4, -0.2) is 37.6 Å². The fraction of sp³-hybridized carbons (Fsp3) is 0.536. The third kappa shape index (κ3) is 7.83. The van der Waals surface area contributed by atoms with Gasteiger partial charge >= 0.3 is 0 Å². The number of anilines is 1. The standard InChI is InChI=1S/C28H39N3O2.2ClH.H2O/c1-3-4-5-9-14-27(32)31-17-15-22-19-26(33-2)23(18-25(22)31)20-30-24-13-10-16-29-28(24)21-11-7-6-8-12-21;;;/h6-8,11-12,18-19,24,28-30H,3-5,9-10,13-17,20H2,1-2H3;2*1H;1H2. The molecule has 2 aliphatic heterocycles. The van der Waals surface area contributed by atoms with Crippen LogP contribution in [0.25, 0.3) is 0 Å². The van der Waals surface area contributed by atoms with E-state index in [4.69, 9.17) is 4.74 Å². The Kier molecular flexibility index (Phi) is 14.4. The number of methoxy groups -OCH3 is 1. The number of rotatable bonds is 10. The van der Waals surface area contributed by atoms with Crippen LogP contribution in [0.4, 0.5) is 5.69 Å². The van der Waals surface area contributed by atoms with Crippen molar-refractivity contribution in [2.24, 2.45) is 0 Å². The SMILES string of the molecule is CCCCCCC(=O)N1CCc2cc(OC)c(CNC3CCCNC3c3ccccc3)cc21.Cl.Cl.O. The molecule has 0 spiro atoms. The van der Waals surface area contributed by atoms with Gasteiger partial charge in [-0.25, -0.2) is 0 Å². The summed E-state index contributed by atoms with van der Waals surface area (Å²) < 4.78 is 5.75. The van der Waals surface area contributed by atoms with Crippen molar-refractivity contribution < 1.29 is 15.0 Å². The summed E-state index contributed by atoms with van der Waals surface area (Å²) in [5, 5.41) is 7.49. The fourth-order valence-electron chi connectivity index (χ4n) is 5.24. The first-order valence-corrected chi connectivity index (χ1v) is 12.7. The molecule has 2 aliphatic rings. The minimum absolute atomic E-state index is 0. The summed E-state index contributed by atoms with van der Waals surface area (Å²) in [6, 6.07) is 15.7. The highest BCUT2D eigenvalue weighted by Crippen LogP contribution is 2.35. The van der Waals surface area contributed by atoms with Gasteiger partial charge in [-0.1, -0.05) is 56.5 Å². The van der Waals surface area contributed by atoms with Gasteiger partial charge in [0.15, 0.2) is 0 Å². The summed E-state index contributed by atoms with van der Waals surface area (Å²) in [5.74, 6) is 1.17. The van der Waals surface area contributed by atoms with Gasteiger partial charge in [-0.2, -0.15) is 0 Å². The maximum atomic E-state index is 12.9. The summed E-state index contributed by atoms with van der Waals surface area (Å²) in [6.45, 7) is 4.76. The van der Waals surface area contributed by atoms with Crippen LogP contribution >= 0.6 is 24.8 Å². The zero-order chi connectivity index (χ0) is 23.0. The van der Waals surface area contributed by atoms with Crippen LogP contribution in [0.15, 0.2) is 42.5 Å². The van der Waals surface area contributed by atoms with E-state index in [1.54, 1.807) is 7.11 Å². The number of nitrogens with one attached hydrogen (secondary N) is 2. The molecule has 0 radical (unpaired) electrons. The minimum atomic E-state index is 0. The highest BCUT2D eigenvalue weighted by atomic mass is 35.5. The van der Waals surface area contributed by atoms with Gasteiger partial charge in [0.05, 0.1) is 7.11 Å². The van der Waals surface area contributed by atoms with Crippen molar-refractivity contribution in [1.29, 1.82) is 0 Å². The average molecular weight is 541 g/mol. The van der Waals surface area contributed by atoms with Gasteiger partial charge < -0.3 is 25.7 Å². The molecule has 0 aliphatic carbocycles. The normalized spacial score (nSPS) is 18.3. The van der Waals surface area contributed by atoms with Crippen LogP contribution in [0.5, 0.6) is 5.75 Å². The van der Waals surface area contributed by atoms with E-state index in [1.165, 1.54) is 30.4 Å². The molecule has 6 nitrogen and oxygen atoms in total. The summed E-state index contributed by atoms with van der Waals surface area (Å²) in [6.07, 6.45) is 8.38. The monoisotopic (exact) mass is 539 g/mol. The number of ether oxygens (including phenoxy) is 1. The Labute approximate surface area is 228 Å². The Bertz CT molecular complexity index is 930. The van der Waals surface area contributed by atoms with Gasteiger partial charge in [-0.05, 0) is 55.5 Å². The lowest BCUT2D eigenvalue weighted by Gasteiger charge is -2.34. The maximum absolute atomic E-state index is 12.9. The van der Waals surface area contributed by atoms with Crippen molar-refractivity contribution in [3.63, 3.8) is 0 Å². The number of amides is 1. The zero-order valence-electron chi connectivity index (χ0n) is 21.6. The van der Waals surface area contributed by atoms with Crippen LogP contribution in [0.3, 0.4) is 0 Å². The highest BCUT2D eigenvalue weighted by Gasteiger charge is 2.28. The highest BCUT2D eigenvalue weighted by molar-refractivity contribution is 5.95. The molecule has 2 heterocycles. The number of halogens is 2. The van der Waals surface area contributed by atoms with E-state index in [9.17, 15) is 4.79 Å². The van der Waals surface area contributed by atoms with Gasteiger partial charge in [0.2, 0.25) is 5.91 Å². The Morgan fingerprint density at radius 3 is 2.64 bits per heavy atom. The van der Waals surface area contributed by atoms with E-state index in [0.717, 1.165) is 62.3 Å². The Morgan fingerprint density at radius 2 is 1.92 bits per heavy atom. The van der Waals surface area contributed by atoms with Gasteiger partial charge in [0.1, 0.15) is 5.75 Å². The van der Waals surface area contributed by atoms with E-state index >= 15 is 0 Å². The molecule has 36 heavy (non-hydrogen) atoms. The molecule has 1 saturated heterocycles. The van der Waals surface area contributed by atoms with Gasteiger partial charge in [0, 0.05) is 42.8 Å². The molecule has 1 amide bonds. The molecule has 0 aromatic heterocycles. The number of fused-ring (bicyclic) bond motifs is 1. The smallest absolute Gasteiger partial charge is 0.226 e. The number of hydrogen-bond acceptors (Lipinski definition) is 4. The second kappa shape index (κ2) is 16.1. The van der Waals surface area contributed by atoms with Crippen LogP contribution in [0, 0.1) is 0 Å². The fourth-order valence-corrected chi connectivity index (χ4v) is 5.24. The third-order valence-corrected chi connectivity index (χ3v) is 7.09. The number of unbranched alkanes of at least 4 members (excludes halogenated alkanes) is 3. The molecule has 2 aromatic rings. The first-order chi connectivity index (χ1) is 16.2. The number of hydrogen-bond donors (Lipinski definition) is 2. The van der Waals surface area contributed by atoms with E-state index in [-0.39, 0.29) is 36.2 Å². The van der Waals surface area contributed by atoms with Crippen molar-refractivity contribution in [3.05, 3.63) is 59.2 Å². The quantitative estimate of drug-likeness (QED) is 0.408. The predicted molar refractivity (Wildman–Crippen MR) is 153 cm³/mol. The van der Waals surface area contributed by atoms with Crippen molar-refractivity contribution in [2.75, 3.05) is 25.1 Å². The Morgan fingerprint density at radius 1 is 1.14 bits per heavy atom. The lowest BCUT2D eigenvalue weighted by molar-refractivity contribution is -0.118. The molecular weight excluding hydrogens is 497 g/mol. The molecular formula is C28H43Cl2N3O3. The number of nitrogens with zero attached hydrogens (tertiary/aromatic N) is 1. The summed E-state index contributed by atoms with van der Waals surface area (Å²) in [7, 11) is 1.74. The van der Waals surface area contributed by atoms with Gasteiger partial charge in [0.25, 0.3) is 0 Å². The average Bonchev–Trinajstić information content (AvgIpc) is 3.28. The maximum Gasteiger partial charge on any atom is 0.226 e. The predicted octanol–water partition coefficient (Wildman–Crippen LogP) is 5.16. The lowest BCUT2D eigenvalue weighted by atomic mass is 9.92. The van der Waals surface area contributed by atoms with Gasteiger partial charge in [-0.3, -0.25) is 4.79 Å². The summed E-state index contributed by atoms with van der Waals surface area (Å²) in [5.41, 5.74) is 4.75. The summed E-state index contributed by atoms with van der Waals surface area (Å²) in [4.78, 5) is 14.9. The third-order valence-electron chi connectivity index (χ3n) is 7.09. The van der Waals surface area contributed by atoms with Crippen molar-refractivity contribution in [2.45, 2.75) is 76.9 Å². The first-order valence-electron chi connectivity index (χ1n) is 12.7. The lowest BCUT2D eigenvalue weighted by Crippen LogP contribution is -2.45. The zero-order valence-corrected chi connectivity index (χ0v) is 23.2. The molecule has 2 aromatic carbocycles. The molecule has 2 atom stereocenters. The van der Waals surface area contributed by atoms with Crippen LogP contribution < -0.4 is 20.3 Å². The topological polar surface area (TPSA) is 85.1 Å². The molecule has 202 valence electrons. The number of carbonyl (C=O) groups is 1. The van der Waals surface area contributed by atoms with Crippen LogP contribution in [0.1, 0.15) is 74.6 Å². The van der Waals surface area contributed by atoms with Gasteiger partial charge in [-0.15, -0.1) is 24.8 Å². The van der Waals surface area contributed by atoms with E-state index < -0.39 is 0 Å². The molecule has 4 rings (SSSR count). The molecule has 8 heteroatoms. The second-order valence-corrected chi connectivity index (χ2v) is 9.37. The molecule has 0 bridgehead atoms.